The van der Waals surface area contributed by atoms with Gasteiger partial charge < -0.3 is 5.32 Å². The number of benzene rings is 1. The van der Waals surface area contributed by atoms with Crippen LogP contribution in [0.4, 0.5) is 5.69 Å². The standard InChI is InChI=1S/C13H11N5OS/c1-8-15-12(18-17-8)9-4-2-3-5-10(9)16-13(19)11-6-20-7-14-11/h2-7H,1H3,(H,16,19)(H,15,17,18). The molecular weight excluding hydrogens is 274 g/mol. The fraction of sp³-hybridized carbons (Fsp3) is 0.0769. The van der Waals surface area contributed by atoms with E-state index in [0.717, 1.165) is 11.4 Å². The first-order chi connectivity index (χ1) is 9.74. The molecule has 1 aromatic carbocycles. The number of hydrogen-bond donors (Lipinski definition) is 2. The number of aromatic amines is 1. The summed E-state index contributed by atoms with van der Waals surface area (Å²) in [5.41, 5.74) is 3.44. The third kappa shape index (κ3) is 2.43. The summed E-state index contributed by atoms with van der Waals surface area (Å²) in [5.74, 6) is 1.03. The van der Waals surface area contributed by atoms with Crippen LogP contribution in [0.25, 0.3) is 11.4 Å². The zero-order valence-corrected chi connectivity index (χ0v) is 11.4. The minimum atomic E-state index is -0.244. The van der Waals surface area contributed by atoms with E-state index in [1.54, 1.807) is 10.9 Å². The van der Waals surface area contributed by atoms with Crippen molar-refractivity contribution < 1.29 is 4.79 Å². The average molecular weight is 285 g/mol. The molecule has 0 unspecified atom stereocenters. The summed E-state index contributed by atoms with van der Waals surface area (Å²) >= 11 is 1.38. The first kappa shape index (κ1) is 12.5. The van der Waals surface area contributed by atoms with Crippen molar-refractivity contribution in [3.63, 3.8) is 0 Å². The minimum Gasteiger partial charge on any atom is -0.320 e. The third-order valence-electron chi connectivity index (χ3n) is 2.68. The number of aryl methyl sites for hydroxylation is 1. The maximum Gasteiger partial charge on any atom is 0.275 e. The average Bonchev–Trinajstić information content (AvgIpc) is 3.10. The molecule has 0 spiro atoms. The van der Waals surface area contributed by atoms with Crippen LogP contribution in [0.15, 0.2) is 35.2 Å². The van der Waals surface area contributed by atoms with Crippen molar-refractivity contribution in [1.29, 1.82) is 0 Å². The van der Waals surface area contributed by atoms with Crippen LogP contribution in [0, 0.1) is 6.92 Å². The van der Waals surface area contributed by atoms with E-state index >= 15 is 0 Å². The highest BCUT2D eigenvalue weighted by molar-refractivity contribution is 7.07. The second-order valence-corrected chi connectivity index (χ2v) is 4.84. The molecule has 2 N–H and O–H groups in total. The van der Waals surface area contributed by atoms with Gasteiger partial charge in [-0.05, 0) is 19.1 Å². The van der Waals surface area contributed by atoms with Crippen LogP contribution in [0.3, 0.4) is 0 Å². The molecule has 0 bridgehead atoms. The Morgan fingerprint density at radius 2 is 2.20 bits per heavy atom. The van der Waals surface area contributed by atoms with Gasteiger partial charge in [0.25, 0.3) is 5.91 Å². The highest BCUT2D eigenvalue weighted by atomic mass is 32.1. The van der Waals surface area contributed by atoms with Gasteiger partial charge in [0, 0.05) is 10.9 Å². The van der Waals surface area contributed by atoms with Crippen molar-refractivity contribution in [2.24, 2.45) is 0 Å². The summed E-state index contributed by atoms with van der Waals surface area (Å²) in [7, 11) is 0. The van der Waals surface area contributed by atoms with Gasteiger partial charge in [0.1, 0.15) is 11.5 Å². The first-order valence-corrected chi connectivity index (χ1v) is 6.86. The zero-order valence-electron chi connectivity index (χ0n) is 10.6. The van der Waals surface area contributed by atoms with Gasteiger partial charge >= 0.3 is 0 Å². The lowest BCUT2D eigenvalue weighted by molar-refractivity contribution is 0.102. The molecule has 1 amide bonds. The van der Waals surface area contributed by atoms with Gasteiger partial charge in [0.15, 0.2) is 5.82 Å². The zero-order chi connectivity index (χ0) is 13.9. The van der Waals surface area contributed by atoms with Crippen molar-refractivity contribution in [2.75, 3.05) is 5.32 Å². The molecular formula is C13H11N5OS. The van der Waals surface area contributed by atoms with Crippen LogP contribution in [0.2, 0.25) is 0 Å². The predicted molar refractivity (Wildman–Crippen MR) is 76.6 cm³/mol. The Labute approximate surface area is 118 Å². The molecule has 0 saturated carbocycles. The minimum absolute atomic E-state index is 0.244. The van der Waals surface area contributed by atoms with Crippen LogP contribution in [-0.4, -0.2) is 26.1 Å². The van der Waals surface area contributed by atoms with E-state index < -0.39 is 0 Å². The molecule has 100 valence electrons. The Kier molecular flexibility index (Phi) is 3.26. The van der Waals surface area contributed by atoms with Gasteiger partial charge in [-0.1, -0.05) is 12.1 Å². The van der Waals surface area contributed by atoms with E-state index in [1.165, 1.54) is 11.3 Å². The SMILES string of the molecule is Cc1nc(-c2ccccc2NC(=O)c2cscn2)n[nH]1. The fourth-order valence-corrected chi connectivity index (χ4v) is 2.29. The number of H-pyrrole nitrogens is 1. The van der Waals surface area contributed by atoms with Crippen molar-refractivity contribution in [2.45, 2.75) is 6.92 Å². The molecule has 0 radical (unpaired) electrons. The second-order valence-electron chi connectivity index (χ2n) is 4.12. The summed E-state index contributed by atoms with van der Waals surface area (Å²) in [6.07, 6.45) is 0. The summed E-state index contributed by atoms with van der Waals surface area (Å²) in [6.45, 7) is 1.83. The van der Waals surface area contributed by atoms with Crippen molar-refractivity contribution in [1.82, 2.24) is 20.2 Å². The molecule has 2 aromatic heterocycles. The Morgan fingerprint density at radius 3 is 2.90 bits per heavy atom. The second kappa shape index (κ2) is 5.22. The molecule has 3 aromatic rings. The summed E-state index contributed by atoms with van der Waals surface area (Å²) in [5, 5.41) is 11.4. The Balaban J connectivity index is 1.92. The highest BCUT2D eigenvalue weighted by Gasteiger charge is 2.13. The van der Waals surface area contributed by atoms with E-state index in [4.69, 9.17) is 0 Å². The topological polar surface area (TPSA) is 83.6 Å². The number of hydrogen-bond acceptors (Lipinski definition) is 5. The Morgan fingerprint density at radius 1 is 1.35 bits per heavy atom. The van der Waals surface area contributed by atoms with Gasteiger partial charge in [-0.25, -0.2) is 9.97 Å². The lowest BCUT2D eigenvalue weighted by Gasteiger charge is -2.07. The summed E-state index contributed by atoms with van der Waals surface area (Å²) in [6, 6.07) is 7.39. The number of nitrogens with one attached hydrogen (secondary N) is 2. The van der Waals surface area contributed by atoms with Crippen LogP contribution in [0.5, 0.6) is 0 Å². The molecule has 0 aliphatic heterocycles. The number of amides is 1. The van der Waals surface area contributed by atoms with Gasteiger partial charge in [-0.2, -0.15) is 5.10 Å². The molecule has 20 heavy (non-hydrogen) atoms. The van der Waals surface area contributed by atoms with Gasteiger partial charge in [0.05, 0.1) is 11.2 Å². The number of carbonyl (C=O) groups excluding carboxylic acids is 1. The normalized spacial score (nSPS) is 10.4. The maximum atomic E-state index is 12.0. The van der Waals surface area contributed by atoms with E-state index in [0.29, 0.717) is 17.2 Å². The molecule has 0 atom stereocenters. The summed E-state index contributed by atoms with van der Waals surface area (Å²) in [4.78, 5) is 20.3. The largest absolute Gasteiger partial charge is 0.320 e. The van der Waals surface area contributed by atoms with E-state index in [-0.39, 0.29) is 5.91 Å². The molecule has 3 rings (SSSR count). The number of anilines is 1. The van der Waals surface area contributed by atoms with Gasteiger partial charge in [0.2, 0.25) is 0 Å². The van der Waals surface area contributed by atoms with Gasteiger partial charge in [-0.3, -0.25) is 9.89 Å². The summed E-state index contributed by atoms with van der Waals surface area (Å²) < 4.78 is 0. The molecule has 0 saturated heterocycles. The molecule has 0 aliphatic carbocycles. The third-order valence-corrected chi connectivity index (χ3v) is 3.26. The lowest BCUT2D eigenvalue weighted by atomic mass is 10.1. The van der Waals surface area contributed by atoms with E-state index in [9.17, 15) is 4.79 Å². The number of thiazole rings is 1. The first-order valence-electron chi connectivity index (χ1n) is 5.92. The van der Waals surface area contributed by atoms with Crippen LogP contribution >= 0.6 is 11.3 Å². The van der Waals surface area contributed by atoms with Crippen LogP contribution < -0.4 is 5.32 Å². The number of rotatable bonds is 3. The smallest absolute Gasteiger partial charge is 0.275 e. The predicted octanol–water partition coefficient (Wildman–Crippen LogP) is 2.49. The molecule has 6 nitrogen and oxygen atoms in total. The monoisotopic (exact) mass is 285 g/mol. The molecule has 7 heteroatoms. The van der Waals surface area contributed by atoms with E-state index in [2.05, 4.69) is 25.5 Å². The molecule has 2 heterocycles. The Bertz CT molecular complexity index is 735. The number of para-hydroxylation sites is 1. The number of aromatic nitrogens is 4. The van der Waals surface area contributed by atoms with E-state index in [1.807, 2.05) is 31.2 Å². The van der Waals surface area contributed by atoms with Crippen molar-refractivity contribution in [3.05, 3.63) is 46.7 Å². The quantitative estimate of drug-likeness (QED) is 0.774. The number of carbonyl (C=O) groups is 1. The molecule has 0 fully saturated rings. The molecule has 0 aliphatic rings. The number of nitrogens with zero attached hydrogens (tertiary/aromatic N) is 3. The lowest BCUT2D eigenvalue weighted by Crippen LogP contribution is -2.13. The van der Waals surface area contributed by atoms with Gasteiger partial charge in [-0.15, -0.1) is 11.3 Å². The highest BCUT2D eigenvalue weighted by Crippen LogP contribution is 2.25. The van der Waals surface area contributed by atoms with Crippen LogP contribution in [0.1, 0.15) is 16.3 Å². The van der Waals surface area contributed by atoms with Crippen molar-refractivity contribution >= 4 is 22.9 Å². The maximum absolute atomic E-state index is 12.0. The van der Waals surface area contributed by atoms with Crippen molar-refractivity contribution in [3.8, 4) is 11.4 Å². The fourth-order valence-electron chi connectivity index (χ4n) is 1.76. The van der Waals surface area contributed by atoms with Crippen LogP contribution in [-0.2, 0) is 0 Å². The Hall–Kier alpha value is -2.54.